The van der Waals surface area contributed by atoms with Gasteiger partial charge in [0.1, 0.15) is 5.75 Å². The molecule has 2 nitrogen and oxygen atoms in total. The van der Waals surface area contributed by atoms with Gasteiger partial charge in [0.25, 0.3) is 0 Å². The Balaban J connectivity index is 2.42. The van der Waals surface area contributed by atoms with Crippen molar-refractivity contribution in [3.63, 3.8) is 0 Å². The normalized spacial score (nSPS) is 14.9. The van der Waals surface area contributed by atoms with Gasteiger partial charge in [-0.05, 0) is 63.3 Å². The lowest BCUT2D eigenvalue weighted by atomic mass is 9.83. The molecule has 1 unspecified atom stereocenters. The first kappa shape index (κ1) is 17.5. The largest absolute Gasteiger partial charge is 0.494 e. The Morgan fingerprint density at radius 1 is 1.10 bits per heavy atom. The Morgan fingerprint density at radius 2 is 1.70 bits per heavy atom. The summed E-state index contributed by atoms with van der Waals surface area (Å²) >= 11 is 3.43. The van der Waals surface area contributed by atoms with Crippen LogP contribution < -0.4 is 10.1 Å². The molecule has 0 fully saturated rings. The average Bonchev–Trinajstić information content (AvgIpc) is 2.38. The van der Waals surface area contributed by atoms with Crippen molar-refractivity contribution in [1.29, 1.82) is 0 Å². The van der Waals surface area contributed by atoms with Crippen LogP contribution in [0, 0.1) is 5.41 Å². The topological polar surface area (TPSA) is 21.3 Å². The standard InChI is InChI=1S/C17H28BrNO/c1-6-17(5,13-19-16(2,3)4)11-12-20-15-9-7-14(18)8-10-15/h7-10,19H,6,11-13H2,1-5H3. The highest BCUT2D eigenvalue weighted by molar-refractivity contribution is 9.10. The van der Waals surface area contributed by atoms with E-state index in [0.29, 0.717) is 0 Å². The van der Waals surface area contributed by atoms with Gasteiger partial charge in [0, 0.05) is 16.6 Å². The maximum Gasteiger partial charge on any atom is 0.119 e. The van der Waals surface area contributed by atoms with Gasteiger partial charge in [0.15, 0.2) is 0 Å². The van der Waals surface area contributed by atoms with E-state index in [-0.39, 0.29) is 11.0 Å². The van der Waals surface area contributed by atoms with Crippen LogP contribution in [0.2, 0.25) is 0 Å². The molecule has 0 aliphatic rings. The Labute approximate surface area is 132 Å². The maximum atomic E-state index is 5.84. The summed E-state index contributed by atoms with van der Waals surface area (Å²) in [6.45, 7) is 13.0. The summed E-state index contributed by atoms with van der Waals surface area (Å²) in [5.74, 6) is 0.940. The minimum Gasteiger partial charge on any atom is -0.494 e. The van der Waals surface area contributed by atoms with Gasteiger partial charge in [-0.3, -0.25) is 0 Å². The molecule has 0 saturated heterocycles. The first-order chi connectivity index (χ1) is 9.24. The second kappa shape index (κ2) is 7.46. The van der Waals surface area contributed by atoms with E-state index >= 15 is 0 Å². The number of ether oxygens (including phenoxy) is 1. The van der Waals surface area contributed by atoms with E-state index < -0.39 is 0 Å². The maximum absolute atomic E-state index is 5.84. The number of benzene rings is 1. The Bertz CT molecular complexity index is 396. The van der Waals surface area contributed by atoms with E-state index in [2.05, 4.69) is 55.9 Å². The van der Waals surface area contributed by atoms with Gasteiger partial charge < -0.3 is 10.1 Å². The predicted octanol–water partition coefficient (Wildman–Crippen LogP) is 5.02. The molecule has 3 heteroatoms. The van der Waals surface area contributed by atoms with Gasteiger partial charge in [0.2, 0.25) is 0 Å². The third-order valence-electron chi connectivity index (χ3n) is 3.69. The van der Waals surface area contributed by atoms with Crippen LogP contribution in [0.5, 0.6) is 5.75 Å². The van der Waals surface area contributed by atoms with Crippen molar-refractivity contribution in [2.45, 2.75) is 53.0 Å². The van der Waals surface area contributed by atoms with Gasteiger partial charge in [-0.15, -0.1) is 0 Å². The monoisotopic (exact) mass is 341 g/mol. The quantitative estimate of drug-likeness (QED) is 0.751. The second-order valence-electron chi connectivity index (χ2n) is 6.82. The van der Waals surface area contributed by atoms with Gasteiger partial charge in [-0.1, -0.05) is 29.8 Å². The lowest BCUT2D eigenvalue weighted by Crippen LogP contribution is -2.43. The fraction of sp³-hybridized carbons (Fsp3) is 0.647. The van der Waals surface area contributed by atoms with E-state index in [1.165, 1.54) is 0 Å². The Morgan fingerprint density at radius 3 is 2.20 bits per heavy atom. The van der Waals surface area contributed by atoms with Crippen molar-refractivity contribution < 1.29 is 4.74 Å². The van der Waals surface area contributed by atoms with Gasteiger partial charge >= 0.3 is 0 Å². The molecule has 0 spiro atoms. The van der Waals surface area contributed by atoms with E-state index in [1.54, 1.807) is 0 Å². The third kappa shape index (κ3) is 6.76. The summed E-state index contributed by atoms with van der Waals surface area (Å²) in [5, 5.41) is 3.61. The zero-order valence-electron chi connectivity index (χ0n) is 13.4. The minimum absolute atomic E-state index is 0.170. The molecule has 1 rings (SSSR count). The minimum atomic E-state index is 0.170. The zero-order chi connectivity index (χ0) is 15.2. The van der Waals surface area contributed by atoms with Crippen LogP contribution in [0.15, 0.2) is 28.7 Å². The van der Waals surface area contributed by atoms with Crippen molar-refractivity contribution in [1.82, 2.24) is 5.32 Å². The molecule has 0 bridgehead atoms. The Kier molecular flexibility index (Phi) is 6.53. The number of halogens is 1. The van der Waals surface area contributed by atoms with E-state index in [4.69, 9.17) is 4.74 Å². The van der Waals surface area contributed by atoms with Crippen LogP contribution in [0.4, 0.5) is 0 Å². The fourth-order valence-corrected chi connectivity index (χ4v) is 2.08. The molecule has 1 aromatic rings. The number of hydrogen-bond acceptors (Lipinski definition) is 2. The smallest absolute Gasteiger partial charge is 0.119 e. The van der Waals surface area contributed by atoms with E-state index in [0.717, 1.165) is 36.2 Å². The van der Waals surface area contributed by atoms with Crippen molar-refractivity contribution in [2.24, 2.45) is 5.41 Å². The summed E-state index contributed by atoms with van der Waals surface area (Å²) in [4.78, 5) is 0. The molecule has 114 valence electrons. The first-order valence-electron chi connectivity index (χ1n) is 7.37. The molecule has 0 saturated carbocycles. The number of rotatable bonds is 7. The third-order valence-corrected chi connectivity index (χ3v) is 4.22. The van der Waals surface area contributed by atoms with Crippen molar-refractivity contribution in [2.75, 3.05) is 13.2 Å². The SMILES string of the molecule is CCC(C)(CCOc1ccc(Br)cc1)CNC(C)(C)C. The van der Waals surface area contributed by atoms with Crippen molar-refractivity contribution >= 4 is 15.9 Å². The van der Waals surface area contributed by atoms with Crippen LogP contribution in [-0.2, 0) is 0 Å². The van der Waals surface area contributed by atoms with E-state index in [9.17, 15) is 0 Å². The van der Waals surface area contributed by atoms with Crippen LogP contribution in [-0.4, -0.2) is 18.7 Å². The predicted molar refractivity (Wildman–Crippen MR) is 90.4 cm³/mol. The van der Waals surface area contributed by atoms with Gasteiger partial charge in [0.05, 0.1) is 6.61 Å². The molecular weight excluding hydrogens is 314 g/mol. The highest BCUT2D eigenvalue weighted by Crippen LogP contribution is 2.26. The summed E-state index contributed by atoms with van der Waals surface area (Å²) in [7, 11) is 0. The first-order valence-corrected chi connectivity index (χ1v) is 8.17. The number of hydrogen-bond donors (Lipinski definition) is 1. The molecular formula is C17H28BrNO. The lowest BCUT2D eigenvalue weighted by molar-refractivity contribution is 0.187. The molecule has 0 aromatic heterocycles. The molecule has 0 aliphatic carbocycles. The highest BCUT2D eigenvalue weighted by atomic mass is 79.9. The number of nitrogens with one attached hydrogen (secondary N) is 1. The molecule has 0 radical (unpaired) electrons. The van der Waals surface area contributed by atoms with E-state index in [1.807, 2.05) is 24.3 Å². The van der Waals surface area contributed by atoms with Crippen LogP contribution >= 0.6 is 15.9 Å². The summed E-state index contributed by atoms with van der Waals surface area (Å²) in [5.41, 5.74) is 0.450. The summed E-state index contributed by atoms with van der Waals surface area (Å²) in [6, 6.07) is 8.02. The summed E-state index contributed by atoms with van der Waals surface area (Å²) in [6.07, 6.45) is 2.21. The Hall–Kier alpha value is -0.540. The van der Waals surface area contributed by atoms with Gasteiger partial charge in [-0.25, -0.2) is 0 Å². The van der Waals surface area contributed by atoms with Crippen LogP contribution in [0.1, 0.15) is 47.5 Å². The van der Waals surface area contributed by atoms with Crippen molar-refractivity contribution in [3.05, 3.63) is 28.7 Å². The molecule has 0 amide bonds. The van der Waals surface area contributed by atoms with Crippen molar-refractivity contribution in [3.8, 4) is 5.75 Å². The molecule has 1 N–H and O–H groups in total. The fourth-order valence-electron chi connectivity index (χ4n) is 1.81. The molecule has 1 atom stereocenters. The highest BCUT2D eigenvalue weighted by Gasteiger charge is 2.24. The van der Waals surface area contributed by atoms with Crippen LogP contribution in [0.25, 0.3) is 0 Å². The molecule has 0 aliphatic heterocycles. The average molecular weight is 342 g/mol. The second-order valence-corrected chi connectivity index (χ2v) is 7.74. The molecule has 0 heterocycles. The molecule has 1 aromatic carbocycles. The molecule has 20 heavy (non-hydrogen) atoms. The van der Waals surface area contributed by atoms with Crippen LogP contribution in [0.3, 0.4) is 0 Å². The lowest BCUT2D eigenvalue weighted by Gasteiger charge is -2.33. The zero-order valence-corrected chi connectivity index (χ0v) is 15.0. The summed E-state index contributed by atoms with van der Waals surface area (Å²) < 4.78 is 6.92. The van der Waals surface area contributed by atoms with Gasteiger partial charge in [-0.2, -0.15) is 0 Å².